The summed E-state index contributed by atoms with van der Waals surface area (Å²) in [4.78, 5) is 20.8. The number of aromatic nitrogens is 2. The van der Waals surface area contributed by atoms with Crippen LogP contribution < -0.4 is 15.4 Å². The summed E-state index contributed by atoms with van der Waals surface area (Å²) in [6.45, 7) is 5.56. The van der Waals surface area contributed by atoms with Crippen molar-refractivity contribution in [3.63, 3.8) is 0 Å². The number of hydrogen-bond donors (Lipinski definition) is 2. The van der Waals surface area contributed by atoms with E-state index in [0.29, 0.717) is 11.4 Å². The third-order valence-corrected chi connectivity index (χ3v) is 3.77. The van der Waals surface area contributed by atoms with Crippen LogP contribution >= 0.6 is 0 Å². The molecule has 0 bridgehead atoms. The van der Waals surface area contributed by atoms with Crippen LogP contribution in [0.5, 0.6) is 5.75 Å². The van der Waals surface area contributed by atoms with Crippen molar-refractivity contribution in [3.05, 3.63) is 71.6 Å². The summed E-state index contributed by atoms with van der Waals surface area (Å²) in [5.41, 5.74) is 0.658. The molecule has 1 heterocycles. The largest absolute Gasteiger partial charge is 0.491 e. The molecular formula is C21H20F2N4O2. The van der Waals surface area contributed by atoms with E-state index in [9.17, 15) is 13.6 Å². The number of nitrogens with one attached hydrogen (secondary N) is 2. The van der Waals surface area contributed by atoms with Crippen molar-refractivity contribution in [2.24, 2.45) is 0 Å². The molecule has 150 valence electrons. The van der Waals surface area contributed by atoms with E-state index in [-0.39, 0.29) is 17.7 Å². The number of aryl methyl sites for hydroxylation is 1. The molecule has 3 rings (SSSR count). The third-order valence-electron chi connectivity index (χ3n) is 3.77. The molecule has 0 aliphatic heterocycles. The first-order valence-electron chi connectivity index (χ1n) is 8.96. The monoisotopic (exact) mass is 398 g/mol. The molecule has 0 aliphatic carbocycles. The minimum absolute atomic E-state index is 0.0255. The Morgan fingerprint density at radius 2 is 1.69 bits per heavy atom. The van der Waals surface area contributed by atoms with Gasteiger partial charge in [-0.15, -0.1) is 0 Å². The Kier molecular flexibility index (Phi) is 6.01. The molecule has 8 heteroatoms. The van der Waals surface area contributed by atoms with Crippen molar-refractivity contribution >= 4 is 23.2 Å². The fourth-order valence-electron chi connectivity index (χ4n) is 2.55. The Bertz CT molecular complexity index is 1000. The van der Waals surface area contributed by atoms with Crippen LogP contribution in [-0.2, 0) is 0 Å². The van der Waals surface area contributed by atoms with Crippen LogP contribution in [0.1, 0.15) is 30.0 Å². The molecule has 29 heavy (non-hydrogen) atoms. The Morgan fingerprint density at radius 3 is 2.31 bits per heavy atom. The topological polar surface area (TPSA) is 76.1 Å². The predicted octanol–water partition coefficient (Wildman–Crippen LogP) is 4.85. The van der Waals surface area contributed by atoms with Crippen molar-refractivity contribution < 1.29 is 18.3 Å². The Hall–Kier alpha value is -3.55. The quantitative estimate of drug-likeness (QED) is 0.621. The van der Waals surface area contributed by atoms with Crippen LogP contribution in [0.3, 0.4) is 0 Å². The number of hydrogen-bond acceptors (Lipinski definition) is 5. The van der Waals surface area contributed by atoms with Gasteiger partial charge in [0.1, 0.15) is 28.8 Å². The average Bonchev–Trinajstić information content (AvgIpc) is 2.65. The number of nitrogens with zero attached hydrogens (tertiary/aromatic N) is 2. The van der Waals surface area contributed by atoms with Crippen molar-refractivity contribution in [1.29, 1.82) is 0 Å². The summed E-state index contributed by atoms with van der Waals surface area (Å²) < 4.78 is 33.1. The molecule has 1 aromatic heterocycles. The lowest BCUT2D eigenvalue weighted by atomic mass is 10.2. The van der Waals surface area contributed by atoms with Crippen molar-refractivity contribution in [2.45, 2.75) is 26.9 Å². The zero-order chi connectivity index (χ0) is 21.0. The highest BCUT2D eigenvalue weighted by Gasteiger charge is 2.16. The van der Waals surface area contributed by atoms with Gasteiger partial charge in [0.05, 0.1) is 6.10 Å². The first-order valence-corrected chi connectivity index (χ1v) is 8.96. The summed E-state index contributed by atoms with van der Waals surface area (Å²) in [5.74, 6) is -1.58. The van der Waals surface area contributed by atoms with Crippen molar-refractivity contribution in [2.75, 3.05) is 10.6 Å². The number of ether oxygens (including phenoxy) is 1. The highest BCUT2D eigenvalue weighted by atomic mass is 19.1. The minimum atomic E-state index is -0.869. The van der Waals surface area contributed by atoms with Crippen LogP contribution in [0, 0.1) is 18.6 Å². The van der Waals surface area contributed by atoms with Crippen molar-refractivity contribution in [1.82, 2.24) is 9.97 Å². The molecule has 0 aliphatic rings. The summed E-state index contributed by atoms with van der Waals surface area (Å²) in [6.07, 6.45) is 0.0641. The minimum Gasteiger partial charge on any atom is -0.491 e. The van der Waals surface area contributed by atoms with Gasteiger partial charge < -0.3 is 15.4 Å². The van der Waals surface area contributed by atoms with Gasteiger partial charge in [-0.3, -0.25) is 4.79 Å². The lowest BCUT2D eigenvalue weighted by molar-refractivity contribution is 0.102. The average molecular weight is 398 g/mol. The molecule has 0 atom stereocenters. The normalized spacial score (nSPS) is 10.7. The molecule has 0 radical (unpaired) electrons. The highest BCUT2D eigenvalue weighted by Crippen LogP contribution is 2.21. The standard InChI is InChI=1S/C21H20F2N4O2/c1-12(2)29-15-9-7-14(8-10-15)25-21-24-13(3)11-18(26-21)20(28)27-19-16(22)5-4-6-17(19)23/h4-12H,1-3H3,(H,27,28)(H,24,25,26). The van der Waals surface area contributed by atoms with Crippen LogP contribution in [0.25, 0.3) is 0 Å². The first kappa shape index (κ1) is 20.2. The van der Waals surface area contributed by atoms with E-state index < -0.39 is 23.2 Å². The van der Waals surface area contributed by atoms with Crippen LogP contribution in [-0.4, -0.2) is 22.0 Å². The second-order valence-corrected chi connectivity index (χ2v) is 6.58. The molecule has 0 unspecified atom stereocenters. The Labute approximate surface area is 167 Å². The molecule has 0 saturated carbocycles. The second kappa shape index (κ2) is 8.64. The van der Waals surface area contributed by atoms with Gasteiger partial charge in [-0.2, -0.15) is 0 Å². The van der Waals surface area contributed by atoms with Gasteiger partial charge in [0.15, 0.2) is 0 Å². The molecule has 3 aromatic rings. The summed E-state index contributed by atoms with van der Waals surface area (Å²) in [6, 6.07) is 11.9. The number of benzene rings is 2. The molecule has 0 spiro atoms. The van der Waals surface area contributed by atoms with Crippen LogP contribution in [0.2, 0.25) is 0 Å². The lowest BCUT2D eigenvalue weighted by Gasteiger charge is -2.12. The molecule has 0 fully saturated rings. The number of carbonyl (C=O) groups is 1. The van der Waals surface area contributed by atoms with Gasteiger partial charge in [-0.1, -0.05) is 6.07 Å². The van der Waals surface area contributed by atoms with Gasteiger partial charge in [0.2, 0.25) is 5.95 Å². The molecule has 6 nitrogen and oxygen atoms in total. The maximum atomic E-state index is 13.8. The summed E-state index contributed by atoms with van der Waals surface area (Å²) >= 11 is 0. The molecule has 2 aromatic carbocycles. The zero-order valence-electron chi connectivity index (χ0n) is 16.2. The maximum absolute atomic E-state index is 13.8. The van der Waals surface area contributed by atoms with Crippen molar-refractivity contribution in [3.8, 4) is 5.75 Å². The molecule has 0 saturated heterocycles. The van der Waals surface area contributed by atoms with E-state index >= 15 is 0 Å². The fourth-order valence-corrected chi connectivity index (χ4v) is 2.55. The van der Waals surface area contributed by atoms with Crippen LogP contribution in [0.15, 0.2) is 48.5 Å². The highest BCUT2D eigenvalue weighted by molar-refractivity contribution is 6.03. The van der Waals surface area contributed by atoms with Gasteiger partial charge in [-0.05, 0) is 63.2 Å². The maximum Gasteiger partial charge on any atom is 0.274 e. The third kappa shape index (κ3) is 5.25. The smallest absolute Gasteiger partial charge is 0.274 e. The van der Waals surface area contributed by atoms with E-state index in [1.165, 1.54) is 12.1 Å². The number of halogens is 2. The van der Waals surface area contributed by atoms with Gasteiger partial charge in [-0.25, -0.2) is 18.7 Å². The number of rotatable bonds is 6. The van der Waals surface area contributed by atoms with Gasteiger partial charge in [0, 0.05) is 11.4 Å². The molecule has 1 amide bonds. The van der Waals surface area contributed by atoms with E-state index in [0.717, 1.165) is 17.9 Å². The Balaban J connectivity index is 1.78. The number of amides is 1. The SMILES string of the molecule is Cc1cc(C(=O)Nc2c(F)cccc2F)nc(Nc2ccc(OC(C)C)cc2)n1. The predicted molar refractivity (Wildman–Crippen MR) is 107 cm³/mol. The van der Waals surface area contributed by atoms with E-state index in [1.54, 1.807) is 31.2 Å². The number of carbonyl (C=O) groups excluding carboxylic acids is 1. The van der Waals surface area contributed by atoms with Gasteiger partial charge in [0.25, 0.3) is 5.91 Å². The van der Waals surface area contributed by atoms with E-state index in [4.69, 9.17) is 4.74 Å². The number of anilines is 3. The Morgan fingerprint density at radius 1 is 1.03 bits per heavy atom. The van der Waals surface area contributed by atoms with E-state index in [1.807, 2.05) is 13.8 Å². The van der Waals surface area contributed by atoms with E-state index in [2.05, 4.69) is 20.6 Å². The van der Waals surface area contributed by atoms with Gasteiger partial charge >= 0.3 is 0 Å². The molecular weight excluding hydrogens is 378 g/mol. The zero-order valence-corrected chi connectivity index (χ0v) is 16.2. The summed E-state index contributed by atoms with van der Waals surface area (Å²) in [7, 11) is 0. The number of para-hydroxylation sites is 1. The molecule has 2 N–H and O–H groups in total. The fraction of sp³-hybridized carbons (Fsp3) is 0.190. The van der Waals surface area contributed by atoms with Crippen LogP contribution in [0.4, 0.5) is 26.1 Å². The first-order chi connectivity index (χ1) is 13.8. The lowest BCUT2D eigenvalue weighted by Crippen LogP contribution is -2.17. The second-order valence-electron chi connectivity index (χ2n) is 6.58. The summed E-state index contributed by atoms with van der Waals surface area (Å²) in [5, 5.41) is 5.22.